The molecule has 2 N–H and O–H groups in total. The highest BCUT2D eigenvalue weighted by atomic mass is 32.1. The van der Waals surface area contributed by atoms with Crippen LogP contribution in [0.1, 0.15) is 39.9 Å². The van der Waals surface area contributed by atoms with E-state index in [-0.39, 0.29) is 11.5 Å². The minimum absolute atomic E-state index is 0.000695. The lowest BCUT2D eigenvalue weighted by atomic mass is 9.96. The molecule has 0 aliphatic rings. The van der Waals surface area contributed by atoms with E-state index in [0.29, 0.717) is 0 Å². The average Bonchev–Trinajstić information content (AvgIpc) is 2.51. The van der Waals surface area contributed by atoms with E-state index in [1.807, 2.05) is 0 Å². The Morgan fingerprint density at radius 3 is 2.60 bits per heavy atom. The van der Waals surface area contributed by atoms with Crippen molar-refractivity contribution in [1.82, 2.24) is 9.36 Å². The second-order valence-corrected chi connectivity index (χ2v) is 5.49. The minimum Gasteiger partial charge on any atom is -0.393 e. The minimum atomic E-state index is -0.271. The summed E-state index contributed by atoms with van der Waals surface area (Å²) in [6.07, 6.45) is 0.456. The summed E-state index contributed by atoms with van der Waals surface area (Å²) in [5.41, 5.74) is 0.000695. The van der Waals surface area contributed by atoms with Gasteiger partial charge >= 0.3 is 0 Å². The molecule has 5 heteroatoms. The van der Waals surface area contributed by atoms with Crippen molar-refractivity contribution < 1.29 is 5.11 Å². The molecule has 1 rings (SSSR count). The first-order valence-electron chi connectivity index (χ1n) is 5.15. The van der Waals surface area contributed by atoms with E-state index in [0.717, 1.165) is 23.9 Å². The van der Waals surface area contributed by atoms with Crippen molar-refractivity contribution in [1.29, 1.82) is 0 Å². The van der Waals surface area contributed by atoms with Crippen LogP contribution >= 0.6 is 11.5 Å². The van der Waals surface area contributed by atoms with Crippen LogP contribution in [0.15, 0.2) is 0 Å². The molecule has 15 heavy (non-hydrogen) atoms. The van der Waals surface area contributed by atoms with E-state index in [1.54, 1.807) is 6.92 Å². The molecule has 0 aliphatic heterocycles. The Morgan fingerprint density at radius 1 is 1.47 bits per heavy atom. The van der Waals surface area contributed by atoms with Gasteiger partial charge in [0.05, 0.1) is 6.10 Å². The lowest BCUT2D eigenvalue weighted by molar-refractivity contribution is 0.189. The quantitative estimate of drug-likeness (QED) is 0.829. The number of rotatable bonds is 4. The van der Waals surface area contributed by atoms with Gasteiger partial charge in [-0.05, 0) is 13.3 Å². The van der Waals surface area contributed by atoms with Gasteiger partial charge in [0.1, 0.15) is 5.82 Å². The molecule has 0 fully saturated rings. The summed E-state index contributed by atoms with van der Waals surface area (Å²) >= 11 is 1.37. The second kappa shape index (κ2) is 4.90. The molecule has 0 saturated carbocycles. The summed E-state index contributed by atoms with van der Waals surface area (Å²) in [5, 5.41) is 13.1. The van der Waals surface area contributed by atoms with Crippen LogP contribution < -0.4 is 5.32 Å². The van der Waals surface area contributed by atoms with Crippen molar-refractivity contribution >= 4 is 16.7 Å². The molecular weight excluding hydrogens is 210 g/mol. The van der Waals surface area contributed by atoms with Crippen molar-refractivity contribution in [3.63, 3.8) is 0 Å². The summed E-state index contributed by atoms with van der Waals surface area (Å²) in [5.74, 6) is 0.868. The van der Waals surface area contributed by atoms with Gasteiger partial charge in [0.15, 0.2) is 0 Å². The monoisotopic (exact) mass is 229 g/mol. The molecule has 1 aromatic rings. The number of aliphatic hydroxyl groups is 1. The van der Waals surface area contributed by atoms with Gasteiger partial charge in [0.2, 0.25) is 5.13 Å². The SMILES string of the molecule is CC(O)CCNc1nc(C(C)(C)C)ns1. The number of anilines is 1. The first-order chi connectivity index (χ1) is 6.89. The van der Waals surface area contributed by atoms with Crippen LogP contribution in [0.3, 0.4) is 0 Å². The van der Waals surface area contributed by atoms with Crippen molar-refractivity contribution in [2.24, 2.45) is 0 Å². The van der Waals surface area contributed by atoms with E-state index < -0.39 is 0 Å². The fourth-order valence-electron chi connectivity index (χ4n) is 0.988. The second-order valence-electron chi connectivity index (χ2n) is 4.74. The molecule has 0 bridgehead atoms. The maximum Gasteiger partial charge on any atom is 0.202 e. The lowest BCUT2D eigenvalue weighted by Crippen LogP contribution is -2.14. The topological polar surface area (TPSA) is 58.0 Å². The molecule has 4 nitrogen and oxygen atoms in total. The van der Waals surface area contributed by atoms with Gasteiger partial charge in [-0.1, -0.05) is 20.8 Å². The molecule has 0 radical (unpaired) electrons. The van der Waals surface area contributed by atoms with Crippen molar-refractivity contribution in [3.05, 3.63) is 5.82 Å². The molecule has 1 atom stereocenters. The summed E-state index contributed by atoms with van der Waals surface area (Å²) < 4.78 is 4.29. The molecule has 0 amide bonds. The third-order valence-electron chi connectivity index (χ3n) is 1.94. The van der Waals surface area contributed by atoms with Gasteiger partial charge in [-0.15, -0.1) is 0 Å². The molecule has 0 saturated heterocycles. The molecule has 1 aromatic heterocycles. The Morgan fingerprint density at radius 2 is 2.13 bits per heavy atom. The zero-order chi connectivity index (χ0) is 11.5. The predicted octanol–water partition coefficient (Wildman–Crippen LogP) is 2.02. The van der Waals surface area contributed by atoms with Crippen molar-refractivity contribution in [2.75, 3.05) is 11.9 Å². The Hall–Kier alpha value is -0.680. The molecule has 1 unspecified atom stereocenters. The maximum atomic E-state index is 9.09. The normalized spacial score (nSPS) is 13.9. The van der Waals surface area contributed by atoms with E-state index in [9.17, 15) is 0 Å². The maximum absolute atomic E-state index is 9.09. The summed E-state index contributed by atoms with van der Waals surface area (Å²) in [6, 6.07) is 0. The predicted molar refractivity (Wildman–Crippen MR) is 63.4 cm³/mol. The highest BCUT2D eigenvalue weighted by Crippen LogP contribution is 2.22. The van der Waals surface area contributed by atoms with E-state index in [1.165, 1.54) is 11.5 Å². The summed E-state index contributed by atoms with van der Waals surface area (Å²) in [4.78, 5) is 4.39. The van der Waals surface area contributed by atoms with Gasteiger partial charge < -0.3 is 10.4 Å². The smallest absolute Gasteiger partial charge is 0.202 e. The summed E-state index contributed by atoms with van der Waals surface area (Å²) in [7, 11) is 0. The average molecular weight is 229 g/mol. The Labute approximate surface area is 94.9 Å². The van der Waals surface area contributed by atoms with Gasteiger partial charge in [-0.2, -0.15) is 4.37 Å². The number of aromatic nitrogens is 2. The molecular formula is C10H19N3OS. The van der Waals surface area contributed by atoms with E-state index in [4.69, 9.17) is 5.11 Å². The number of hydrogen-bond acceptors (Lipinski definition) is 5. The largest absolute Gasteiger partial charge is 0.393 e. The number of aliphatic hydroxyl groups excluding tert-OH is 1. The van der Waals surface area contributed by atoms with Crippen LogP contribution in [0.5, 0.6) is 0 Å². The zero-order valence-electron chi connectivity index (χ0n) is 9.74. The van der Waals surface area contributed by atoms with E-state index in [2.05, 4.69) is 35.4 Å². The van der Waals surface area contributed by atoms with Crippen LogP contribution in [-0.4, -0.2) is 27.1 Å². The number of nitrogens with one attached hydrogen (secondary N) is 1. The first kappa shape index (κ1) is 12.4. The van der Waals surface area contributed by atoms with Crippen LogP contribution in [0.2, 0.25) is 0 Å². The molecule has 0 aliphatic carbocycles. The number of nitrogens with zero attached hydrogens (tertiary/aromatic N) is 2. The third kappa shape index (κ3) is 4.13. The molecule has 0 spiro atoms. The summed E-state index contributed by atoms with van der Waals surface area (Å²) in [6.45, 7) is 8.79. The first-order valence-corrected chi connectivity index (χ1v) is 5.93. The van der Waals surface area contributed by atoms with Crippen molar-refractivity contribution in [3.8, 4) is 0 Å². The Balaban J connectivity index is 2.47. The Bertz CT molecular complexity index is 304. The van der Waals surface area contributed by atoms with Gasteiger partial charge in [0.25, 0.3) is 0 Å². The van der Waals surface area contributed by atoms with Crippen LogP contribution in [0.25, 0.3) is 0 Å². The van der Waals surface area contributed by atoms with Gasteiger partial charge in [-0.3, -0.25) is 0 Å². The van der Waals surface area contributed by atoms with Gasteiger partial charge in [-0.25, -0.2) is 4.98 Å². The lowest BCUT2D eigenvalue weighted by Gasteiger charge is -2.12. The van der Waals surface area contributed by atoms with Crippen LogP contribution in [-0.2, 0) is 5.41 Å². The fraction of sp³-hybridized carbons (Fsp3) is 0.800. The standard InChI is InChI=1S/C10H19N3OS/c1-7(14)5-6-11-9-12-8(13-15-9)10(2,3)4/h7,14H,5-6H2,1-4H3,(H,11,12,13). The van der Waals surface area contributed by atoms with Crippen LogP contribution in [0, 0.1) is 0 Å². The molecule has 86 valence electrons. The van der Waals surface area contributed by atoms with Crippen LogP contribution in [0.4, 0.5) is 5.13 Å². The van der Waals surface area contributed by atoms with E-state index >= 15 is 0 Å². The molecule has 0 aromatic carbocycles. The fourth-order valence-corrected chi connectivity index (χ4v) is 1.77. The Kier molecular flexibility index (Phi) is 4.04. The zero-order valence-corrected chi connectivity index (χ0v) is 10.6. The highest BCUT2D eigenvalue weighted by molar-refractivity contribution is 7.09. The van der Waals surface area contributed by atoms with Gasteiger partial charge in [0, 0.05) is 23.5 Å². The highest BCUT2D eigenvalue weighted by Gasteiger charge is 2.19. The van der Waals surface area contributed by atoms with Crippen molar-refractivity contribution in [2.45, 2.75) is 45.6 Å². The molecule has 1 heterocycles. The number of hydrogen-bond donors (Lipinski definition) is 2. The third-order valence-corrected chi connectivity index (χ3v) is 2.61.